The van der Waals surface area contributed by atoms with E-state index in [2.05, 4.69) is 10.2 Å². The number of H-pyrrole nitrogens is 1. The fraction of sp³-hybridized carbons (Fsp3) is 0.636. The standard InChI is InChI=1S/C11H17N3O2/c12-10-8(9(11(15)16)13-14-10)7-5-3-1-2-4-6-7/h7H,1-6H2,(H,15,16)(H3,12,13,14). The second-order valence-corrected chi connectivity index (χ2v) is 4.39. The van der Waals surface area contributed by atoms with Gasteiger partial charge in [-0.15, -0.1) is 0 Å². The molecule has 0 atom stereocenters. The van der Waals surface area contributed by atoms with E-state index in [1.54, 1.807) is 0 Å². The fourth-order valence-corrected chi connectivity index (χ4v) is 2.51. The van der Waals surface area contributed by atoms with E-state index >= 15 is 0 Å². The van der Waals surface area contributed by atoms with Crippen LogP contribution in [0.15, 0.2) is 0 Å². The number of aromatic carboxylic acids is 1. The molecule has 5 heteroatoms. The lowest BCUT2D eigenvalue weighted by Gasteiger charge is -2.13. The molecule has 0 spiro atoms. The Bertz CT molecular complexity index is 379. The largest absolute Gasteiger partial charge is 0.477 e. The SMILES string of the molecule is Nc1n[nH]c(C(=O)O)c1C1CCCCCC1. The number of aromatic nitrogens is 2. The van der Waals surface area contributed by atoms with Crippen molar-refractivity contribution >= 4 is 11.8 Å². The molecule has 1 aromatic rings. The van der Waals surface area contributed by atoms with Crippen LogP contribution in [0, 0.1) is 0 Å². The molecular formula is C11H17N3O2. The van der Waals surface area contributed by atoms with Crippen molar-refractivity contribution in [2.75, 3.05) is 5.73 Å². The van der Waals surface area contributed by atoms with Crippen molar-refractivity contribution in [1.82, 2.24) is 10.2 Å². The van der Waals surface area contributed by atoms with Gasteiger partial charge in [0.15, 0.2) is 0 Å². The molecule has 0 saturated heterocycles. The predicted molar refractivity (Wildman–Crippen MR) is 60.4 cm³/mol. The van der Waals surface area contributed by atoms with Crippen LogP contribution in [0.1, 0.15) is 60.5 Å². The third-order valence-electron chi connectivity index (χ3n) is 3.31. The van der Waals surface area contributed by atoms with Gasteiger partial charge in [0.1, 0.15) is 11.5 Å². The van der Waals surface area contributed by atoms with E-state index in [0.717, 1.165) is 31.2 Å². The van der Waals surface area contributed by atoms with Crippen molar-refractivity contribution in [3.05, 3.63) is 11.3 Å². The molecular weight excluding hydrogens is 206 g/mol. The van der Waals surface area contributed by atoms with Crippen LogP contribution in [-0.2, 0) is 0 Å². The molecule has 0 radical (unpaired) electrons. The van der Waals surface area contributed by atoms with Crippen LogP contribution in [0.5, 0.6) is 0 Å². The summed E-state index contributed by atoms with van der Waals surface area (Å²) < 4.78 is 0. The Balaban J connectivity index is 2.29. The first-order chi connectivity index (χ1) is 7.70. The molecule has 0 bridgehead atoms. The smallest absolute Gasteiger partial charge is 0.354 e. The van der Waals surface area contributed by atoms with Gasteiger partial charge in [0.2, 0.25) is 0 Å². The predicted octanol–water partition coefficient (Wildman–Crippen LogP) is 2.13. The summed E-state index contributed by atoms with van der Waals surface area (Å²) >= 11 is 0. The Hall–Kier alpha value is -1.52. The second-order valence-electron chi connectivity index (χ2n) is 4.39. The first-order valence-corrected chi connectivity index (χ1v) is 5.77. The number of hydrogen-bond donors (Lipinski definition) is 3. The number of hydrogen-bond acceptors (Lipinski definition) is 3. The minimum atomic E-state index is -0.969. The molecule has 0 amide bonds. The van der Waals surface area contributed by atoms with Gasteiger partial charge in [-0.25, -0.2) is 4.79 Å². The van der Waals surface area contributed by atoms with Crippen LogP contribution in [0.25, 0.3) is 0 Å². The molecule has 1 heterocycles. The summed E-state index contributed by atoms with van der Waals surface area (Å²) in [6, 6.07) is 0. The number of nitrogens with two attached hydrogens (primary N) is 1. The summed E-state index contributed by atoms with van der Waals surface area (Å²) in [7, 11) is 0. The van der Waals surface area contributed by atoms with E-state index in [0.29, 0.717) is 5.82 Å². The monoisotopic (exact) mass is 223 g/mol. The van der Waals surface area contributed by atoms with Crippen molar-refractivity contribution in [2.45, 2.75) is 44.4 Å². The Morgan fingerprint density at radius 3 is 2.50 bits per heavy atom. The normalized spacial score (nSPS) is 18.2. The van der Waals surface area contributed by atoms with Crippen LogP contribution >= 0.6 is 0 Å². The van der Waals surface area contributed by atoms with E-state index < -0.39 is 5.97 Å². The number of aromatic amines is 1. The van der Waals surface area contributed by atoms with Gasteiger partial charge in [0, 0.05) is 5.56 Å². The molecule has 5 nitrogen and oxygen atoms in total. The highest BCUT2D eigenvalue weighted by Gasteiger charge is 2.25. The number of carbonyl (C=O) groups is 1. The second kappa shape index (κ2) is 4.55. The van der Waals surface area contributed by atoms with Gasteiger partial charge < -0.3 is 10.8 Å². The number of anilines is 1. The Labute approximate surface area is 94.0 Å². The summed E-state index contributed by atoms with van der Waals surface area (Å²) in [5.74, 6) is -0.361. The molecule has 2 rings (SSSR count). The van der Waals surface area contributed by atoms with Crippen LogP contribution < -0.4 is 5.73 Å². The minimum Gasteiger partial charge on any atom is -0.477 e. The highest BCUT2D eigenvalue weighted by molar-refractivity contribution is 5.88. The third kappa shape index (κ3) is 2.03. The molecule has 1 aliphatic rings. The van der Waals surface area contributed by atoms with Crippen molar-refractivity contribution in [3.8, 4) is 0 Å². The molecule has 0 aromatic carbocycles. The fourth-order valence-electron chi connectivity index (χ4n) is 2.51. The molecule has 1 fully saturated rings. The average Bonchev–Trinajstić information content (AvgIpc) is 2.50. The lowest BCUT2D eigenvalue weighted by molar-refractivity contribution is 0.0688. The highest BCUT2D eigenvalue weighted by Crippen LogP contribution is 2.35. The van der Waals surface area contributed by atoms with Crippen molar-refractivity contribution in [2.24, 2.45) is 0 Å². The van der Waals surface area contributed by atoms with Gasteiger partial charge in [0.25, 0.3) is 0 Å². The van der Waals surface area contributed by atoms with E-state index in [1.165, 1.54) is 12.8 Å². The van der Waals surface area contributed by atoms with Gasteiger partial charge in [-0.05, 0) is 18.8 Å². The Morgan fingerprint density at radius 1 is 1.31 bits per heavy atom. The summed E-state index contributed by atoms with van der Waals surface area (Å²) in [6.45, 7) is 0. The molecule has 1 aliphatic carbocycles. The summed E-state index contributed by atoms with van der Waals surface area (Å²) in [4.78, 5) is 11.0. The zero-order valence-electron chi connectivity index (χ0n) is 9.20. The molecule has 88 valence electrons. The lowest BCUT2D eigenvalue weighted by atomic mass is 9.91. The van der Waals surface area contributed by atoms with E-state index in [1.807, 2.05) is 0 Å². The van der Waals surface area contributed by atoms with Crippen molar-refractivity contribution < 1.29 is 9.90 Å². The van der Waals surface area contributed by atoms with Crippen molar-refractivity contribution in [3.63, 3.8) is 0 Å². The van der Waals surface area contributed by atoms with Gasteiger partial charge >= 0.3 is 5.97 Å². The number of nitrogens with zero attached hydrogens (tertiary/aromatic N) is 1. The quantitative estimate of drug-likeness (QED) is 0.669. The molecule has 16 heavy (non-hydrogen) atoms. The zero-order chi connectivity index (χ0) is 11.5. The van der Waals surface area contributed by atoms with Gasteiger partial charge in [-0.3, -0.25) is 5.10 Å². The first-order valence-electron chi connectivity index (χ1n) is 5.77. The van der Waals surface area contributed by atoms with Crippen LogP contribution in [0.3, 0.4) is 0 Å². The van der Waals surface area contributed by atoms with Crippen LogP contribution in [0.2, 0.25) is 0 Å². The third-order valence-corrected chi connectivity index (χ3v) is 3.31. The maximum absolute atomic E-state index is 11.0. The zero-order valence-corrected chi connectivity index (χ0v) is 9.20. The number of rotatable bonds is 2. The number of nitrogens with one attached hydrogen (secondary N) is 1. The summed E-state index contributed by atoms with van der Waals surface area (Å²) in [5, 5.41) is 15.4. The van der Waals surface area contributed by atoms with E-state index in [9.17, 15) is 4.79 Å². The first kappa shape index (κ1) is 11.0. The topological polar surface area (TPSA) is 92.0 Å². The average molecular weight is 223 g/mol. The van der Waals surface area contributed by atoms with Gasteiger partial charge in [0.05, 0.1) is 0 Å². The molecule has 0 unspecified atom stereocenters. The maximum Gasteiger partial charge on any atom is 0.354 e. The molecule has 1 saturated carbocycles. The summed E-state index contributed by atoms with van der Waals surface area (Å²) in [5.41, 5.74) is 6.64. The molecule has 1 aromatic heterocycles. The number of carboxylic acid groups (broad SMARTS) is 1. The maximum atomic E-state index is 11.0. The van der Waals surface area contributed by atoms with Crippen molar-refractivity contribution in [1.29, 1.82) is 0 Å². The molecule has 4 N–H and O–H groups in total. The van der Waals surface area contributed by atoms with E-state index in [-0.39, 0.29) is 11.6 Å². The number of carboxylic acids is 1. The lowest BCUT2D eigenvalue weighted by Crippen LogP contribution is -2.07. The minimum absolute atomic E-state index is 0.171. The number of nitrogen functional groups attached to an aromatic ring is 1. The molecule has 0 aliphatic heterocycles. The Kier molecular flexibility index (Phi) is 3.12. The van der Waals surface area contributed by atoms with Crippen LogP contribution in [0.4, 0.5) is 5.82 Å². The Morgan fingerprint density at radius 2 is 1.94 bits per heavy atom. The van der Waals surface area contributed by atoms with E-state index in [4.69, 9.17) is 10.8 Å². The van der Waals surface area contributed by atoms with Gasteiger partial charge in [-0.2, -0.15) is 5.10 Å². The van der Waals surface area contributed by atoms with Gasteiger partial charge in [-0.1, -0.05) is 25.7 Å². The highest BCUT2D eigenvalue weighted by atomic mass is 16.4. The summed E-state index contributed by atoms with van der Waals surface area (Å²) in [6.07, 6.45) is 6.80. The van der Waals surface area contributed by atoms with Crippen LogP contribution in [-0.4, -0.2) is 21.3 Å².